The third kappa shape index (κ3) is 3.67. The van der Waals surface area contributed by atoms with Crippen molar-refractivity contribution in [2.24, 2.45) is 0 Å². The van der Waals surface area contributed by atoms with E-state index in [-0.39, 0.29) is 0 Å². The fourth-order valence-corrected chi connectivity index (χ4v) is 3.19. The zero-order valence-corrected chi connectivity index (χ0v) is 13.3. The van der Waals surface area contributed by atoms with Crippen LogP contribution < -0.4 is 5.32 Å². The van der Waals surface area contributed by atoms with Crippen LogP contribution in [0.25, 0.3) is 0 Å². The summed E-state index contributed by atoms with van der Waals surface area (Å²) < 4.78 is 2.20. The van der Waals surface area contributed by atoms with Gasteiger partial charge >= 0.3 is 0 Å². The van der Waals surface area contributed by atoms with Crippen molar-refractivity contribution < 1.29 is 0 Å². The lowest BCUT2D eigenvalue weighted by Crippen LogP contribution is -2.22. The van der Waals surface area contributed by atoms with Gasteiger partial charge in [0.1, 0.15) is 5.82 Å². The SMILES string of the molecule is CC(NCCc1ncc[nH]1)c1ccc(Br)cc1Br. The van der Waals surface area contributed by atoms with Crippen molar-refractivity contribution >= 4 is 31.9 Å². The van der Waals surface area contributed by atoms with Gasteiger partial charge in [-0.1, -0.05) is 37.9 Å². The first-order chi connectivity index (χ1) is 8.66. The minimum atomic E-state index is 0.308. The van der Waals surface area contributed by atoms with Gasteiger partial charge in [0.05, 0.1) is 0 Å². The molecular weight excluding hydrogens is 358 g/mol. The molecule has 0 aliphatic carbocycles. The molecule has 18 heavy (non-hydrogen) atoms. The summed E-state index contributed by atoms with van der Waals surface area (Å²) in [6.45, 7) is 3.06. The van der Waals surface area contributed by atoms with E-state index in [0.717, 1.165) is 27.7 Å². The highest BCUT2D eigenvalue weighted by Crippen LogP contribution is 2.26. The number of hydrogen-bond acceptors (Lipinski definition) is 2. The van der Waals surface area contributed by atoms with Crippen LogP contribution in [-0.4, -0.2) is 16.5 Å². The number of hydrogen-bond donors (Lipinski definition) is 2. The van der Waals surface area contributed by atoms with E-state index in [4.69, 9.17) is 0 Å². The lowest BCUT2D eigenvalue weighted by molar-refractivity contribution is 0.569. The van der Waals surface area contributed by atoms with Gasteiger partial charge in [-0.3, -0.25) is 0 Å². The van der Waals surface area contributed by atoms with Gasteiger partial charge in [0.15, 0.2) is 0 Å². The Hall–Kier alpha value is -0.650. The van der Waals surface area contributed by atoms with Gasteiger partial charge in [-0.25, -0.2) is 4.98 Å². The molecule has 2 rings (SSSR count). The highest BCUT2D eigenvalue weighted by molar-refractivity contribution is 9.11. The van der Waals surface area contributed by atoms with Gasteiger partial charge in [0, 0.05) is 40.3 Å². The molecule has 1 atom stereocenters. The Labute approximate surface area is 124 Å². The van der Waals surface area contributed by atoms with Crippen LogP contribution >= 0.6 is 31.9 Å². The second-order valence-corrected chi connectivity index (χ2v) is 5.90. The summed E-state index contributed by atoms with van der Waals surface area (Å²) in [6.07, 6.45) is 4.54. The predicted octanol–water partition coefficient (Wildman–Crippen LogP) is 3.83. The summed E-state index contributed by atoms with van der Waals surface area (Å²) in [5.41, 5.74) is 1.26. The molecule has 5 heteroatoms. The van der Waals surface area contributed by atoms with Gasteiger partial charge in [-0.15, -0.1) is 0 Å². The number of nitrogens with zero attached hydrogens (tertiary/aromatic N) is 1. The van der Waals surface area contributed by atoms with E-state index in [2.05, 4.69) is 72.3 Å². The molecule has 1 aromatic carbocycles. The maximum Gasteiger partial charge on any atom is 0.107 e. The molecule has 0 spiro atoms. The molecule has 1 unspecified atom stereocenters. The standard InChI is InChI=1S/C13H15Br2N3/c1-9(11-3-2-10(14)8-12(11)15)16-5-4-13-17-6-7-18-13/h2-3,6-9,16H,4-5H2,1H3,(H,17,18). The average Bonchev–Trinajstić information content (AvgIpc) is 2.81. The molecule has 0 radical (unpaired) electrons. The van der Waals surface area contributed by atoms with Crippen molar-refractivity contribution in [2.45, 2.75) is 19.4 Å². The van der Waals surface area contributed by atoms with E-state index < -0.39 is 0 Å². The molecule has 96 valence electrons. The second-order valence-electron chi connectivity index (χ2n) is 4.13. The average molecular weight is 373 g/mol. The monoisotopic (exact) mass is 371 g/mol. The first-order valence-corrected chi connectivity index (χ1v) is 7.42. The Bertz CT molecular complexity index is 497. The summed E-state index contributed by atoms with van der Waals surface area (Å²) >= 11 is 7.05. The maximum absolute atomic E-state index is 4.20. The molecule has 0 aliphatic rings. The molecular formula is C13H15Br2N3. The Kier molecular flexibility index (Phi) is 4.97. The number of aromatic nitrogens is 2. The molecule has 0 amide bonds. The van der Waals surface area contributed by atoms with E-state index in [1.165, 1.54) is 5.56 Å². The molecule has 2 N–H and O–H groups in total. The van der Waals surface area contributed by atoms with E-state index >= 15 is 0 Å². The molecule has 0 saturated heterocycles. The van der Waals surface area contributed by atoms with E-state index in [9.17, 15) is 0 Å². The second kappa shape index (κ2) is 6.50. The van der Waals surface area contributed by atoms with Gasteiger partial charge < -0.3 is 10.3 Å². The third-order valence-corrected chi connectivity index (χ3v) is 3.98. The molecule has 0 fully saturated rings. The van der Waals surface area contributed by atoms with Crippen LogP contribution in [0.2, 0.25) is 0 Å². The summed E-state index contributed by atoms with van der Waals surface area (Å²) in [5, 5.41) is 3.49. The molecule has 3 nitrogen and oxygen atoms in total. The minimum Gasteiger partial charge on any atom is -0.349 e. The van der Waals surface area contributed by atoms with Gasteiger partial charge in [-0.2, -0.15) is 0 Å². The lowest BCUT2D eigenvalue weighted by atomic mass is 10.1. The van der Waals surface area contributed by atoms with E-state index in [0.29, 0.717) is 6.04 Å². The first-order valence-electron chi connectivity index (χ1n) is 5.83. The van der Waals surface area contributed by atoms with Crippen molar-refractivity contribution in [3.8, 4) is 0 Å². The Morgan fingerprint density at radius 2 is 2.22 bits per heavy atom. The molecule has 0 bridgehead atoms. The van der Waals surface area contributed by atoms with E-state index in [1.54, 1.807) is 6.20 Å². The van der Waals surface area contributed by atoms with Crippen molar-refractivity contribution in [3.05, 3.63) is 50.9 Å². The largest absolute Gasteiger partial charge is 0.349 e. The number of benzene rings is 1. The van der Waals surface area contributed by atoms with E-state index in [1.807, 2.05) is 6.20 Å². The van der Waals surface area contributed by atoms with Crippen LogP contribution in [0.15, 0.2) is 39.5 Å². The zero-order valence-electron chi connectivity index (χ0n) is 10.1. The fraction of sp³-hybridized carbons (Fsp3) is 0.308. The zero-order chi connectivity index (χ0) is 13.0. The quantitative estimate of drug-likeness (QED) is 0.837. The molecule has 0 aliphatic heterocycles. The number of H-pyrrole nitrogens is 1. The number of rotatable bonds is 5. The van der Waals surface area contributed by atoms with Crippen molar-refractivity contribution in [1.82, 2.24) is 15.3 Å². The Balaban J connectivity index is 1.89. The normalized spacial score (nSPS) is 12.6. The number of nitrogens with one attached hydrogen (secondary N) is 2. The fourth-order valence-electron chi connectivity index (χ4n) is 1.80. The smallest absolute Gasteiger partial charge is 0.107 e. The summed E-state index contributed by atoms with van der Waals surface area (Å²) in [7, 11) is 0. The number of halogens is 2. The van der Waals surface area contributed by atoms with Gasteiger partial charge in [-0.05, 0) is 24.6 Å². The van der Waals surface area contributed by atoms with Gasteiger partial charge in [0.25, 0.3) is 0 Å². The summed E-state index contributed by atoms with van der Waals surface area (Å²) in [5.74, 6) is 1.02. The van der Waals surface area contributed by atoms with Crippen molar-refractivity contribution in [1.29, 1.82) is 0 Å². The van der Waals surface area contributed by atoms with Crippen LogP contribution in [0.4, 0.5) is 0 Å². The summed E-state index contributed by atoms with van der Waals surface area (Å²) in [6, 6.07) is 6.56. The third-order valence-electron chi connectivity index (χ3n) is 2.80. The van der Waals surface area contributed by atoms with Crippen LogP contribution in [0.5, 0.6) is 0 Å². The van der Waals surface area contributed by atoms with Crippen LogP contribution in [0, 0.1) is 0 Å². The number of imidazole rings is 1. The molecule has 1 aromatic heterocycles. The highest BCUT2D eigenvalue weighted by Gasteiger charge is 2.09. The molecule has 1 heterocycles. The Morgan fingerprint density at radius 3 is 2.89 bits per heavy atom. The number of aromatic amines is 1. The lowest BCUT2D eigenvalue weighted by Gasteiger charge is -2.15. The van der Waals surface area contributed by atoms with Gasteiger partial charge in [0.2, 0.25) is 0 Å². The molecule has 2 aromatic rings. The molecule has 0 saturated carbocycles. The summed E-state index contributed by atoms with van der Waals surface area (Å²) in [4.78, 5) is 7.31. The van der Waals surface area contributed by atoms with Crippen molar-refractivity contribution in [2.75, 3.05) is 6.54 Å². The first kappa shape index (κ1) is 13.8. The van der Waals surface area contributed by atoms with Crippen LogP contribution in [-0.2, 0) is 6.42 Å². The highest BCUT2D eigenvalue weighted by atomic mass is 79.9. The van der Waals surface area contributed by atoms with Crippen molar-refractivity contribution in [3.63, 3.8) is 0 Å². The minimum absolute atomic E-state index is 0.308. The van der Waals surface area contributed by atoms with Crippen LogP contribution in [0.3, 0.4) is 0 Å². The van der Waals surface area contributed by atoms with Crippen LogP contribution in [0.1, 0.15) is 24.4 Å². The maximum atomic E-state index is 4.20. The predicted molar refractivity (Wildman–Crippen MR) is 80.6 cm³/mol. The Morgan fingerprint density at radius 1 is 1.39 bits per heavy atom. The topological polar surface area (TPSA) is 40.7 Å².